The van der Waals surface area contributed by atoms with Crippen molar-refractivity contribution in [3.63, 3.8) is 0 Å². The molecular weight excluding hydrogens is 502 g/mol. The summed E-state index contributed by atoms with van der Waals surface area (Å²) in [7, 11) is 1.51. The van der Waals surface area contributed by atoms with Gasteiger partial charge in [0.1, 0.15) is 11.4 Å². The van der Waals surface area contributed by atoms with Gasteiger partial charge in [0, 0.05) is 23.4 Å². The van der Waals surface area contributed by atoms with Crippen molar-refractivity contribution in [3.8, 4) is 5.75 Å². The molecule has 0 aromatic heterocycles. The van der Waals surface area contributed by atoms with Gasteiger partial charge in [-0.05, 0) is 82.9 Å². The number of nitrogens with one attached hydrogen (secondary N) is 2. The van der Waals surface area contributed by atoms with Crippen molar-refractivity contribution in [1.29, 1.82) is 0 Å². The van der Waals surface area contributed by atoms with E-state index < -0.39 is 16.7 Å². The number of carbonyl (C=O) groups is 2. The zero-order valence-corrected chi connectivity index (χ0v) is 20.3. The van der Waals surface area contributed by atoms with E-state index in [0.717, 1.165) is 11.1 Å². The van der Waals surface area contributed by atoms with Crippen molar-refractivity contribution in [1.82, 2.24) is 5.32 Å². The van der Waals surface area contributed by atoms with Gasteiger partial charge in [-0.2, -0.15) is 0 Å². The number of aryl methyl sites for hydroxylation is 2. The van der Waals surface area contributed by atoms with Crippen LogP contribution in [0.3, 0.4) is 0 Å². The van der Waals surface area contributed by atoms with Gasteiger partial charge in [0.05, 0.1) is 16.5 Å². The van der Waals surface area contributed by atoms with E-state index in [1.165, 1.54) is 31.4 Å². The Labute approximate surface area is 204 Å². The average molecular weight is 524 g/mol. The van der Waals surface area contributed by atoms with Gasteiger partial charge in [0.2, 0.25) is 0 Å². The number of nitro benzene ring substituents is 1. The fraction of sp³-hybridized carbons (Fsp3) is 0.120. The van der Waals surface area contributed by atoms with Crippen molar-refractivity contribution in [2.75, 3.05) is 12.4 Å². The monoisotopic (exact) mass is 523 g/mol. The smallest absolute Gasteiger partial charge is 0.272 e. The standard InChI is InChI=1S/C25H22BrN3O5/c1-15-9-16(2)11-19(10-15)27-25(31)22(13-17-5-4-6-20(12-17)29(32)33)28-24(30)18-7-8-23(34-3)21(26)14-18/h4-14H,1-3H3,(H,27,31)(H,28,30)/b22-13-. The molecule has 2 N–H and O–H groups in total. The first-order chi connectivity index (χ1) is 16.2. The number of nitro groups is 1. The van der Waals surface area contributed by atoms with Crippen LogP contribution in [0.15, 0.2) is 70.8 Å². The van der Waals surface area contributed by atoms with E-state index in [1.54, 1.807) is 36.4 Å². The highest BCUT2D eigenvalue weighted by atomic mass is 79.9. The van der Waals surface area contributed by atoms with Crippen LogP contribution in [0.1, 0.15) is 27.0 Å². The predicted molar refractivity (Wildman–Crippen MR) is 134 cm³/mol. The molecule has 3 rings (SSSR count). The van der Waals surface area contributed by atoms with E-state index in [0.29, 0.717) is 21.5 Å². The average Bonchev–Trinajstić information content (AvgIpc) is 2.78. The summed E-state index contributed by atoms with van der Waals surface area (Å²) in [6.45, 7) is 3.82. The Morgan fingerprint density at radius 3 is 2.35 bits per heavy atom. The molecule has 9 heteroatoms. The molecule has 3 aromatic rings. The van der Waals surface area contributed by atoms with Gasteiger partial charge in [-0.1, -0.05) is 18.2 Å². The van der Waals surface area contributed by atoms with E-state index in [1.807, 2.05) is 19.9 Å². The molecule has 8 nitrogen and oxygen atoms in total. The van der Waals surface area contributed by atoms with Gasteiger partial charge < -0.3 is 15.4 Å². The molecule has 3 aromatic carbocycles. The number of hydrogen-bond acceptors (Lipinski definition) is 5. The molecule has 0 radical (unpaired) electrons. The summed E-state index contributed by atoms with van der Waals surface area (Å²) in [4.78, 5) is 36.7. The number of amides is 2. The maximum absolute atomic E-state index is 13.1. The maximum atomic E-state index is 13.1. The fourth-order valence-corrected chi connectivity index (χ4v) is 3.84. The molecule has 0 aliphatic rings. The van der Waals surface area contributed by atoms with E-state index in [2.05, 4.69) is 26.6 Å². The SMILES string of the molecule is COc1ccc(C(=O)N/C(=C\c2cccc([N+](=O)[O-])c2)C(=O)Nc2cc(C)cc(C)c2)cc1Br. The highest BCUT2D eigenvalue weighted by molar-refractivity contribution is 9.10. The Bertz CT molecular complexity index is 1280. The first kappa shape index (κ1) is 24.7. The van der Waals surface area contributed by atoms with Crippen LogP contribution >= 0.6 is 15.9 Å². The number of ether oxygens (including phenoxy) is 1. The molecule has 0 aliphatic heterocycles. The predicted octanol–water partition coefficient (Wildman–Crippen LogP) is 5.39. The third kappa shape index (κ3) is 6.29. The van der Waals surface area contributed by atoms with Gasteiger partial charge in [0.15, 0.2) is 0 Å². The van der Waals surface area contributed by atoms with Gasteiger partial charge in [-0.25, -0.2) is 0 Å². The molecule has 0 unspecified atom stereocenters. The molecule has 0 atom stereocenters. The Morgan fingerprint density at radius 2 is 1.74 bits per heavy atom. The lowest BCUT2D eigenvalue weighted by molar-refractivity contribution is -0.384. The lowest BCUT2D eigenvalue weighted by Crippen LogP contribution is -2.30. The number of nitrogens with zero attached hydrogens (tertiary/aromatic N) is 1. The normalized spacial score (nSPS) is 11.0. The summed E-state index contributed by atoms with van der Waals surface area (Å²) in [5.41, 5.74) is 2.96. The topological polar surface area (TPSA) is 111 Å². The molecule has 0 spiro atoms. The van der Waals surface area contributed by atoms with E-state index in [4.69, 9.17) is 4.74 Å². The van der Waals surface area contributed by atoms with Gasteiger partial charge >= 0.3 is 0 Å². The zero-order chi connectivity index (χ0) is 24.8. The third-order valence-electron chi connectivity index (χ3n) is 4.78. The minimum Gasteiger partial charge on any atom is -0.496 e. The van der Waals surface area contributed by atoms with Crippen molar-refractivity contribution >= 4 is 45.2 Å². The molecule has 34 heavy (non-hydrogen) atoms. The highest BCUT2D eigenvalue weighted by Gasteiger charge is 2.17. The van der Waals surface area contributed by atoms with Crippen molar-refractivity contribution in [2.45, 2.75) is 13.8 Å². The Morgan fingerprint density at radius 1 is 1.03 bits per heavy atom. The van der Waals surface area contributed by atoms with Crippen molar-refractivity contribution in [3.05, 3.63) is 103 Å². The van der Waals surface area contributed by atoms with Crippen molar-refractivity contribution in [2.24, 2.45) is 0 Å². The molecule has 0 bridgehead atoms. The number of benzene rings is 3. The molecule has 2 amide bonds. The molecule has 0 saturated carbocycles. The number of halogens is 1. The summed E-state index contributed by atoms with van der Waals surface area (Å²) in [6.07, 6.45) is 1.39. The number of methoxy groups -OCH3 is 1. The summed E-state index contributed by atoms with van der Waals surface area (Å²) in [6, 6.07) is 16.1. The molecule has 0 aliphatic carbocycles. The lowest BCUT2D eigenvalue weighted by Gasteiger charge is -2.13. The van der Waals surface area contributed by atoms with Crippen LogP contribution < -0.4 is 15.4 Å². The van der Waals surface area contributed by atoms with E-state index >= 15 is 0 Å². The van der Waals surface area contributed by atoms with Crippen LogP contribution in [-0.4, -0.2) is 23.8 Å². The van der Waals surface area contributed by atoms with Crippen LogP contribution in [0, 0.1) is 24.0 Å². The largest absolute Gasteiger partial charge is 0.496 e. The van der Waals surface area contributed by atoms with Crippen LogP contribution in [-0.2, 0) is 4.79 Å². The minimum atomic E-state index is -0.572. The van der Waals surface area contributed by atoms with E-state index in [-0.39, 0.29) is 16.9 Å². The quantitative estimate of drug-likeness (QED) is 0.245. The van der Waals surface area contributed by atoms with Crippen LogP contribution in [0.4, 0.5) is 11.4 Å². The first-order valence-electron chi connectivity index (χ1n) is 10.2. The summed E-state index contributed by atoms with van der Waals surface area (Å²) in [5.74, 6) is -0.551. The van der Waals surface area contributed by atoms with Crippen LogP contribution in [0.5, 0.6) is 5.75 Å². The summed E-state index contributed by atoms with van der Waals surface area (Å²) >= 11 is 3.34. The maximum Gasteiger partial charge on any atom is 0.272 e. The number of carbonyl (C=O) groups excluding carboxylic acids is 2. The lowest BCUT2D eigenvalue weighted by atomic mass is 10.1. The Balaban J connectivity index is 1.96. The summed E-state index contributed by atoms with van der Waals surface area (Å²) in [5, 5.41) is 16.6. The summed E-state index contributed by atoms with van der Waals surface area (Å²) < 4.78 is 5.76. The molecular formula is C25H22BrN3O5. The minimum absolute atomic E-state index is 0.0726. The first-order valence-corrected chi connectivity index (χ1v) is 11.0. The van der Waals surface area contributed by atoms with Gasteiger partial charge in [0.25, 0.3) is 17.5 Å². The Kier molecular flexibility index (Phi) is 7.80. The highest BCUT2D eigenvalue weighted by Crippen LogP contribution is 2.26. The number of hydrogen-bond donors (Lipinski definition) is 2. The van der Waals surface area contributed by atoms with Gasteiger partial charge in [-0.15, -0.1) is 0 Å². The zero-order valence-electron chi connectivity index (χ0n) is 18.7. The number of rotatable bonds is 7. The van der Waals surface area contributed by atoms with Crippen LogP contribution in [0.25, 0.3) is 6.08 Å². The second-order valence-electron chi connectivity index (χ2n) is 7.54. The van der Waals surface area contributed by atoms with E-state index in [9.17, 15) is 19.7 Å². The van der Waals surface area contributed by atoms with Gasteiger partial charge in [-0.3, -0.25) is 19.7 Å². The number of non-ortho nitro benzene ring substituents is 1. The Hall–Kier alpha value is -3.98. The third-order valence-corrected chi connectivity index (χ3v) is 5.40. The second-order valence-corrected chi connectivity index (χ2v) is 8.40. The van der Waals surface area contributed by atoms with Crippen molar-refractivity contribution < 1.29 is 19.2 Å². The number of anilines is 1. The molecule has 0 fully saturated rings. The molecule has 0 saturated heterocycles. The molecule has 0 heterocycles. The second kappa shape index (κ2) is 10.8. The van der Waals surface area contributed by atoms with Crippen LogP contribution in [0.2, 0.25) is 0 Å². The molecule has 174 valence electrons. The fourth-order valence-electron chi connectivity index (χ4n) is 3.30.